The SMILES string of the molecule is COc1cc(C2(N)CCCC2(C)C)ccc1Cl. The first-order valence-electron chi connectivity index (χ1n) is 6.04. The molecule has 1 aliphatic rings. The summed E-state index contributed by atoms with van der Waals surface area (Å²) in [6.45, 7) is 4.47. The molecule has 0 heterocycles. The molecule has 1 saturated carbocycles. The Morgan fingerprint density at radius 1 is 1.29 bits per heavy atom. The Labute approximate surface area is 108 Å². The molecule has 0 spiro atoms. The minimum atomic E-state index is -0.273. The molecule has 0 aliphatic heterocycles. The molecule has 0 bridgehead atoms. The van der Waals surface area contributed by atoms with E-state index in [1.54, 1.807) is 7.11 Å². The van der Waals surface area contributed by atoms with Crippen LogP contribution in [0.4, 0.5) is 0 Å². The molecule has 1 unspecified atom stereocenters. The van der Waals surface area contributed by atoms with Gasteiger partial charge in [-0.05, 0) is 36.0 Å². The number of rotatable bonds is 2. The van der Waals surface area contributed by atoms with Crippen molar-refractivity contribution in [3.05, 3.63) is 28.8 Å². The second kappa shape index (κ2) is 4.18. The molecule has 2 N–H and O–H groups in total. The highest BCUT2D eigenvalue weighted by atomic mass is 35.5. The van der Waals surface area contributed by atoms with Crippen LogP contribution in [0.15, 0.2) is 18.2 Å². The number of benzene rings is 1. The zero-order valence-electron chi connectivity index (χ0n) is 10.7. The Balaban J connectivity index is 2.47. The van der Waals surface area contributed by atoms with E-state index in [1.165, 1.54) is 6.42 Å². The van der Waals surface area contributed by atoms with E-state index in [4.69, 9.17) is 22.1 Å². The first kappa shape index (κ1) is 12.7. The van der Waals surface area contributed by atoms with E-state index in [9.17, 15) is 0 Å². The fourth-order valence-corrected chi connectivity index (χ4v) is 3.04. The van der Waals surface area contributed by atoms with Gasteiger partial charge in [-0.2, -0.15) is 0 Å². The summed E-state index contributed by atoms with van der Waals surface area (Å²) < 4.78 is 5.27. The van der Waals surface area contributed by atoms with Crippen molar-refractivity contribution in [1.82, 2.24) is 0 Å². The molecule has 1 atom stereocenters. The Hall–Kier alpha value is -0.730. The molecule has 1 fully saturated rings. The summed E-state index contributed by atoms with van der Waals surface area (Å²) >= 11 is 6.05. The minimum absolute atomic E-state index is 0.117. The maximum Gasteiger partial charge on any atom is 0.137 e. The lowest BCUT2D eigenvalue weighted by atomic mass is 9.71. The molecule has 17 heavy (non-hydrogen) atoms. The number of hydrogen-bond acceptors (Lipinski definition) is 2. The summed E-state index contributed by atoms with van der Waals surface area (Å²) in [5.41, 5.74) is 7.60. The summed E-state index contributed by atoms with van der Waals surface area (Å²) in [5.74, 6) is 0.705. The molecule has 0 radical (unpaired) electrons. The van der Waals surface area contributed by atoms with Crippen LogP contribution in [-0.2, 0) is 5.54 Å². The normalized spacial score (nSPS) is 27.1. The molecular weight excluding hydrogens is 234 g/mol. The number of halogens is 1. The highest BCUT2D eigenvalue weighted by Crippen LogP contribution is 2.51. The van der Waals surface area contributed by atoms with Gasteiger partial charge >= 0.3 is 0 Å². The number of methoxy groups -OCH3 is 1. The predicted molar refractivity (Wildman–Crippen MR) is 71.5 cm³/mol. The predicted octanol–water partition coefficient (Wildman–Crippen LogP) is 3.71. The lowest BCUT2D eigenvalue weighted by Crippen LogP contribution is -2.45. The van der Waals surface area contributed by atoms with Crippen molar-refractivity contribution in [2.24, 2.45) is 11.1 Å². The third-order valence-electron chi connectivity index (χ3n) is 4.25. The van der Waals surface area contributed by atoms with Gasteiger partial charge in [0.05, 0.1) is 12.1 Å². The number of nitrogens with two attached hydrogens (primary N) is 1. The van der Waals surface area contributed by atoms with Crippen LogP contribution in [0.3, 0.4) is 0 Å². The molecule has 0 saturated heterocycles. The highest BCUT2D eigenvalue weighted by Gasteiger charge is 2.47. The molecule has 1 aliphatic carbocycles. The van der Waals surface area contributed by atoms with Gasteiger partial charge < -0.3 is 10.5 Å². The van der Waals surface area contributed by atoms with Crippen LogP contribution in [0, 0.1) is 5.41 Å². The van der Waals surface area contributed by atoms with Gasteiger partial charge in [0.25, 0.3) is 0 Å². The van der Waals surface area contributed by atoms with Crippen molar-refractivity contribution in [2.75, 3.05) is 7.11 Å². The first-order chi connectivity index (χ1) is 7.90. The van der Waals surface area contributed by atoms with Crippen molar-refractivity contribution in [3.8, 4) is 5.75 Å². The van der Waals surface area contributed by atoms with Crippen LogP contribution in [0.2, 0.25) is 5.02 Å². The Bertz CT molecular complexity index is 430. The van der Waals surface area contributed by atoms with E-state index < -0.39 is 0 Å². The van der Waals surface area contributed by atoms with Gasteiger partial charge in [-0.25, -0.2) is 0 Å². The van der Waals surface area contributed by atoms with Gasteiger partial charge in [0, 0.05) is 5.54 Å². The van der Waals surface area contributed by atoms with Crippen LogP contribution in [-0.4, -0.2) is 7.11 Å². The van der Waals surface area contributed by atoms with E-state index in [0.717, 1.165) is 18.4 Å². The standard InChI is InChI=1S/C14H20ClNO/c1-13(2)7-4-8-14(13,16)10-5-6-11(15)12(9-10)17-3/h5-6,9H,4,7-8,16H2,1-3H3. The molecule has 1 aromatic rings. The summed E-state index contributed by atoms with van der Waals surface area (Å²) in [7, 11) is 1.63. The van der Waals surface area contributed by atoms with Crippen LogP contribution in [0.1, 0.15) is 38.7 Å². The third kappa shape index (κ3) is 1.94. The van der Waals surface area contributed by atoms with Crippen molar-refractivity contribution >= 4 is 11.6 Å². The maximum absolute atomic E-state index is 6.63. The van der Waals surface area contributed by atoms with Crippen LogP contribution >= 0.6 is 11.6 Å². The topological polar surface area (TPSA) is 35.2 Å². The highest BCUT2D eigenvalue weighted by molar-refractivity contribution is 6.32. The molecule has 0 aromatic heterocycles. The largest absolute Gasteiger partial charge is 0.495 e. The lowest BCUT2D eigenvalue weighted by Gasteiger charge is -2.39. The molecule has 0 amide bonds. The van der Waals surface area contributed by atoms with Gasteiger partial charge in [-0.15, -0.1) is 0 Å². The minimum Gasteiger partial charge on any atom is -0.495 e. The van der Waals surface area contributed by atoms with E-state index in [2.05, 4.69) is 13.8 Å². The van der Waals surface area contributed by atoms with Crippen molar-refractivity contribution < 1.29 is 4.74 Å². The average Bonchev–Trinajstić information content (AvgIpc) is 2.55. The molecule has 2 nitrogen and oxygen atoms in total. The summed E-state index contributed by atoms with van der Waals surface area (Å²) in [6.07, 6.45) is 3.35. The monoisotopic (exact) mass is 253 g/mol. The van der Waals surface area contributed by atoms with Gasteiger partial charge in [-0.1, -0.05) is 37.9 Å². The zero-order chi connectivity index (χ0) is 12.7. The van der Waals surface area contributed by atoms with E-state index in [-0.39, 0.29) is 11.0 Å². The zero-order valence-corrected chi connectivity index (χ0v) is 11.5. The van der Waals surface area contributed by atoms with Crippen molar-refractivity contribution in [2.45, 2.75) is 38.6 Å². The van der Waals surface area contributed by atoms with E-state index in [0.29, 0.717) is 10.8 Å². The number of hydrogen-bond donors (Lipinski definition) is 1. The Kier molecular flexibility index (Phi) is 3.13. The molecule has 94 valence electrons. The van der Waals surface area contributed by atoms with Gasteiger partial charge in [0.15, 0.2) is 0 Å². The second-order valence-electron chi connectivity index (χ2n) is 5.56. The summed E-state index contributed by atoms with van der Waals surface area (Å²) in [4.78, 5) is 0. The molecule has 3 heteroatoms. The Morgan fingerprint density at radius 2 is 2.00 bits per heavy atom. The fourth-order valence-electron chi connectivity index (χ4n) is 2.84. The quantitative estimate of drug-likeness (QED) is 0.872. The number of ether oxygens (including phenoxy) is 1. The smallest absolute Gasteiger partial charge is 0.137 e. The third-order valence-corrected chi connectivity index (χ3v) is 4.56. The van der Waals surface area contributed by atoms with Crippen LogP contribution < -0.4 is 10.5 Å². The maximum atomic E-state index is 6.63. The molecule has 2 rings (SSSR count). The van der Waals surface area contributed by atoms with E-state index in [1.807, 2.05) is 18.2 Å². The van der Waals surface area contributed by atoms with E-state index >= 15 is 0 Å². The lowest BCUT2D eigenvalue weighted by molar-refractivity contribution is 0.210. The van der Waals surface area contributed by atoms with Gasteiger partial charge in [0.2, 0.25) is 0 Å². The van der Waals surface area contributed by atoms with Gasteiger partial charge in [0.1, 0.15) is 5.75 Å². The second-order valence-corrected chi connectivity index (χ2v) is 5.97. The van der Waals surface area contributed by atoms with Crippen molar-refractivity contribution in [3.63, 3.8) is 0 Å². The molecular formula is C14H20ClNO. The van der Waals surface area contributed by atoms with Crippen LogP contribution in [0.25, 0.3) is 0 Å². The average molecular weight is 254 g/mol. The summed E-state index contributed by atoms with van der Waals surface area (Å²) in [5, 5.41) is 0.635. The fraction of sp³-hybridized carbons (Fsp3) is 0.571. The van der Waals surface area contributed by atoms with Gasteiger partial charge in [-0.3, -0.25) is 0 Å². The van der Waals surface area contributed by atoms with Crippen LogP contribution in [0.5, 0.6) is 5.75 Å². The van der Waals surface area contributed by atoms with Crippen molar-refractivity contribution in [1.29, 1.82) is 0 Å². The first-order valence-corrected chi connectivity index (χ1v) is 6.41. The molecule has 1 aromatic carbocycles. The Morgan fingerprint density at radius 3 is 2.53 bits per heavy atom. The summed E-state index contributed by atoms with van der Waals surface area (Å²) in [6, 6.07) is 5.88.